The van der Waals surface area contributed by atoms with Crippen LogP contribution < -0.4 is 0 Å². The Bertz CT molecular complexity index is 533. The smallest absolute Gasteiger partial charge is 0.142 e. The zero-order chi connectivity index (χ0) is 13.1. The lowest BCUT2D eigenvalue weighted by Gasteiger charge is -2.18. The zero-order valence-electron chi connectivity index (χ0n) is 9.78. The summed E-state index contributed by atoms with van der Waals surface area (Å²) in [4.78, 5) is 4.31. The van der Waals surface area contributed by atoms with Crippen LogP contribution in [0.1, 0.15) is 28.9 Å². The van der Waals surface area contributed by atoms with Crippen LogP contribution in [0.3, 0.4) is 0 Å². The van der Waals surface area contributed by atoms with E-state index in [-0.39, 0.29) is 15.8 Å². The van der Waals surface area contributed by atoms with Crippen LogP contribution in [0.25, 0.3) is 0 Å². The van der Waals surface area contributed by atoms with Crippen molar-refractivity contribution in [2.24, 2.45) is 0 Å². The number of alkyl halides is 1. The lowest BCUT2D eigenvalue weighted by atomic mass is 9.97. The van der Waals surface area contributed by atoms with Gasteiger partial charge in [0, 0.05) is 22.6 Å². The van der Waals surface area contributed by atoms with E-state index in [1.807, 2.05) is 31.2 Å². The highest BCUT2D eigenvalue weighted by molar-refractivity contribution is 9.09. The minimum Gasteiger partial charge on any atom is -0.261 e. The van der Waals surface area contributed by atoms with Crippen LogP contribution in [0.2, 0.25) is 5.02 Å². The first-order valence-electron chi connectivity index (χ1n) is 5.59. The van der Waals surface area contributed by atoms with Crippen LogP contribution in [-0.4, -0.2) is 4.98 Å². The third kappa shape index (κ3) is 2.90. The predicted octanol–water partition coefficient (Wildman–Crippen LogP) is 5.11. The largest absolute Gasteiger partial charge is 0.261 e. The number of hydrogen-bond donors (Lipinski definition) is 0. The van der Waals surface area contributed by atoms with Gasteiger partial charge >= 0.3 is 0 Å². The Balaban J connectivity index is 2.25. The van der Waals surface area contributed by atoms with E-state index < -0.39 is 5.82 Å². The molecular weight excluding hydrogens is 317 g/mol. The molecule has 2 aromatic rings. The van der Waals surface area contributed by atoms with Crippen molar-refractivity contribution in [3.63, 3.8) is 0 Å². The minimum atomic E-state index is -0.396. The van der Waals surface area contributed by atoms with Crippen molar-refractivity contribution in [1.29, 1.82) is 0 Å². The van der Waals surface area contributed by atoms with Gasteiger partial charge in [-0.15, -0.1) is 0 Å². The molecular formula is C14H12BrClFN. The average molecular weight is 329 g/mol. The van der Waals surface area contributed by atoms with Crippen molar-refractivity contribution in [1.82, 2.24) is 4.98 Å². The average Bonchev–Trinajstić information content (AvgIpc) is 2.41. The van der Waals surface area contributed by atoms with Gasteiger partial charge in [0.1, 0.15) is 5.82 Å². The SMILES string of the molecule is CC(c1ccccn1)C(Br)c1ccc(Cl)c(F)c1. The molecule has 2 atom stereocenters. The molecule has 0 aliphatic rings. The van der Waals surface area contributed by atoms with Crippen molar-refractivity contribution >= 4 is 27.5 Å². The Kier molecular flexibility index (Phi) is 4.36. The number of benzene rings is 1. The number of rotatable bonds is 3. The van der Waals surface area contributed by atoms with Crippen molar-refractivity contribution < 1.29 is 4.39 Å². The molecule has 0 bridgehead atoms. The quantitative estimate of drug-likeness (QED) is 0.713. The Morgan fingerprint density at radius 1 is 1.28 bits per heavy atom. The number of pyridine rings is 1. The Morgan fingerprint density at radius 2 is 2.06 bits per heavy atom. The lowest BCUT2D eigenvalue weighted by Crippen LogP contribution is -2.04. The standard InChI is InChI=1S/C14H12BrClFN/c1-9(13-4-2-3-7-18-13)14(15)10-5-6-11(16)12(17)8-10/h2-9,14H,1H3. The van der Waals surface area contributed by atoms with Gasteiger partial charge in [0.25, 0.3) is 0 Å². The lowest BCUT2D eigenvalue weighted by molar-refractivity contribution is 0.622. The van der Waals surface area contributed by atoms with E-state index in [0.717, 1.165) is 11.3 Å². The molecule has 1 aromatic carbocycles. The van der Waals surface area contributed by atoms with Crippen molar-refractivity contribution in [2.75, 3.05) is 0 Å². The summed E-state index contributed by atoms with van der Waals surface area (Å²) >= 11 is 9.28. The van der Waals surface area contributed by atoms with E-state index in [1.165, 1.54) is 6.07 Å². The molecule has 0 spiro atoms. The first-order valence-corrected chi connectivity index (χ1v) is 6.89. The van der Waals surface area contributed by atoms with Crippen LogP contribution in [0.15, 0.2) is 42.6 Å². The summed E-state index contributed by atoms with van der Waals surface area (Å²) in [5.74, 6) is -0.251. The Labute approximate surface area is 119 Å². The maximum Gasteiger partial charge on any atom is 0.142 e. The van der Waals surface area contributed by atoms with Gasteiger partial charge in [-0.2, -0.15) is 0 Å². The second-order valence-corrected chi connectivity index (χ2v) is 5.51. The van der Waals surface area contributed by atoms with Gasteiger partial charge < -0.3 is 0 Å². The van der Waals surface area contributed by atoms with Crippen molar-refractivity contribution in [2.45, 2.75) is 17.7 Å². The van der Waals surface area contributed by atoms with Crippen LogP contribution >= 0.6 is 27.5 Å². The molecule has 0 radical (unpaired) electrons. The van der Waals surface area contributed by atoms with E-state index in [0.29, 0.717) is 0 Å². The molecule has 18 heavy (non-hydrogen) atoms. The van der Waals surface area contributed by atoms with Gasteiger partial charge in [-0.05, 0) is 29.8 Å². The van der Waals surface area contributed by atoms with Crippen LogP contribution in [0, 0.1) is 5.82 Å². The fourth-order valence-corrected chi connectivity index (χ4v) is 2.44. The summed E-state index contributed by atoms with van der Waals surface area (Å²) in [6.45, 7) is 2.05. The predicted molar refractivity (Wildman–Crippen MR) is 75.7 cm³/mol. The molecule has 0 saturated heterocycles. The molecule has 0 aliphatic heterocycles. The van der Waals surface area contributed by atoms with E-state index in [4.69, 9.17) is 11.6 Å². The summed E-state index contributed by atoms with van der Waals surface area (Å²) in [5, 5.41) is 0.143. The fraction of sp³-hybridized carbons (Fsp3) is 0.214. The molecule has 0 saturated carbocycles. The number of halogens is 3. The molecule has 0 amide bonds. The van der Waals surface area contributed by atoms with Crippen molar-refractivity contribution in [3.05, 3.63) is 64.7 Å². The molecule has 0 aliphatic carbocycles. The monoisotopic (exact) mass is 327 g/mol. The van der Waals surface area contributed by atoms with Gasteiger partial charge in [-0.1, -0.05) is 46.6 Å². The molecule has 1 aromatic heterocycles. The first-order chi connectivity index (χ1) is 8.59. The zero-order valence-corrected chi connectivity index (χ0v) is 12.1. The third-order valence-electron chi connectivity index (χ3n) is 2.86. The molecule has 1 nitrogen and oxygen atoms in total. The Hall–Kier alpha value is -0.930. The van der Waals surface area contributed by atoms with Gasteiger partial charge in [0.2, 0.25) is 0 Å². The van der Waals surface area contributed by atoms with E-state index >= 15 is 0 Å². The molecule has 0 N–H and O–H groups in total. The molecule has 0 fully saturated rings. The number of hydrogen-bond acceptors (Lipinski definition) is 1. The molecule has 2 unspecified atom stereocenters. The van der Waals surface area contributed by atoms with E-state index in [2.05, 4.69) is 20.9 Å². The number of aromatic nitrogens is 1. The van der Waals surface area contributed by atoms with Crippen LogP contribution in [0.5, 0.6) is 0 Å². The van der Waals surface area contributed by atoms with Gasteiger partial charge in [0.15, 0.2) is 0 Å². The van der Waals surface area contributed by atoms with E-state index in [9.17, 15) is 4.39 Å². The van der Waals surface area contributed by atoms with Crippen LogP contribution in [0.4, 0.5) is 4.39 Å². The molecule has 4 heteroatoms. The topological polar surface area (TPSA) is 12.9 Å². The normalized spacial score (nSPS) is 14.2. The summed E-state index contributed by atoms with van der Waals surface area (Å²) in [6, 6.07) is 10.6. The maximum atomic E-state index is 13.4. The number of nitrogens with zero attached hydrogens (tertiary/aromatic N) is 1. The maximum absolute atomic E-state index is 13.4. The van der Waals surface area contributed by atoms with Crippen molar-refractivity contribution in [3.8, 4) is 0 Å². The second kappa shape index (κ2) is 5.81. The highest BCUT2D eigenvalue weighted by atomic mass is 79.9. The highest BCUT2D eigenvalue weighted by Gasteiger charge is 2.19. The van der Waals surface area contributed by atoms with Crippen LogP contribution in [-0.2, 0) is 0 Å². The van der Waals surface area contributed by atoms with E-state index in [1.54, 1.807) is 12.3 Å². The fourth-order valence-electron chi connectivity index (χ4n) is 1.77. The van der Waals surface area contributed by atoms with Gasteiger partial charge in [0.05, 0.1) is 5.02 Å². The van der Waals surface area contributed by atoms with Gasteiger partial charge in [-0.3, -0.25) is 4.98 Å². The molecule has 2 rings (SSSR count). The highest BCUT2D eigenvalue weighted by Crippen LogP contribution is 2.37. The third-order valence-corrected chi connectivity index (χ3v) is 4.48. The van der Waals surface area contributed by atoms with Gasteiger partial charge in [-0.25, -0.2) is 4.39 Å². The first kappa shape index (κ1) is 13.5. The molecule has 1 heterocycles. The summed E-state index contributed by atoms with van der Waals surface area (Å²) in [6.07, 6.45) is 1.76. The minimum absolute atomic E-state index is 0.000772. The molecule has 94 valence electrons. The second-order valence-electron chi connectivity index (χ2n) is 4.12. The summed E-state index contributed by atoms with van der Waals surface area (Å²) in [7, 11) is 0. The Morgan fingerprint density at radius 3 is 2.67 bits per heavy atom. The summed E-state index contributed by atoms with van der Waals surface area (Å²) in [5.41, 5.74) is 1.82. The summed E-state index contributed by atoms with van der Waals surface area (Å²) < 4.78 is 13.4.